The number of hydrogen-bond donors (Lipinski definition) is 2. The van der Waals surface area contributed by atoms with Crippen LogP contribution in [0.15, 0.2) is 23.9 Å². The summed E-state index contributed by atoms with van der Waals surface area (Å²) in [5, 5.41) is 19.1. The van der Waals surface area contributed by atoms with Crippen LogP contribution in [0.25, 0.3) is 6.08 Å². The molecule has 5 nitrogen and oxygen atoms in total. The number of likely N-dealkylation sites (N-methyl/N-ethyl adjacent to an activating group) is 1. The number of carbonyl (C=O) groups is 1. The van der Waals surface area contributed by atoms with Crippen molar-refractivity contribution in [2.24, 2.45) is 0 Å². The van der Waals surface area contributed by atoms with Crippen molar-refractivity contribution >= 4 is 32.2 Å². The maximum atomic E-state index is 12.7. The van der Waals surface area contributed by atoms with Crippen LogP contribution in [0.2, 0.25) is 0 Å². The molecule has 1 aromatic carbocycles. The molecule has 22 heavy (non-hydrogen) atoms. The molecule has 2 N–H and O–H groups in total. The molecule has 0 spiro atoms. The average molecular weight is 365 g/mol. The van der Waals surface area contributed by atoms with Gasteiger partial charge in [-0.3, -0.25) is 0 Å². The number of phenols is 2. The van der Waals surface area contributed by atoms with Gasteiger partial charge in [-0.05, 0) is 0 Å². The third-order valence-electron chi connectivity index (χ3n) is 4.21. The first-order chi connectivity index (χ1) is 10.5. The molecule has 1 amide bonds. The summed E-state index contributed by atoms with van der Waals surface area (Å²) < 4.78 is 0.813. The summed E-state index contributed by atoms with van der Waals surface area (Å²) in [5.74, 6) is -0.0919. The second-order valence-electron chi connectivity index (χ2n) is 5.77. The second kappa shape index (κ2) is 5.78. The Morgan fingerprint density at radius 2 is 1.77 bits per heavy atom. The minimum atomic E-state index is -0.0361. The van der Waals surface area contributed by atoms with Gasteiger partial charge in [-0.2, -0.15) is 0 Å². The molecule has 1 aromatic rings. The van der Waals surface area contributed by atoms with E-state index in [1.54, 1.807) is 6.08 Å². The maximum absolute atomic E-state index is 12.7. The van der Waals surface area contributed by atoms with Crippen molar-refractivity contribution in [3.63, 3.8) is 0 Å². The molecule has 0 atom stereocenters. The van der Waals surface area contributed by atoms with Crippen molar-refractivity contribution in [1.82, 2.24) is 9.80 Å². The molecule has 2 aliphatic rings. The molecular formula is C16H18N2O3Se. The van der Waals surface area contributed by atoms with E-state index in [0.29, 0.717) is 11.3 Å². The number of rotatable bonds is 2. The molecule has 1 heterocycles. The number of amides is 1. The summed E-state index contributed by atoms with van der Waals surface area (Å²) in [6.07, 6.45) is 6.07. The van der Waals surface area contributed by atoms with Gasteiger partial charge in [0.15, 0.2) is 0 Å². The van der Waals surface area contributed by atoms with Crippen molar-refractivity contribution < 1.29 is 15.0 Å². The fraction of sp³-hybridized carbons (Fsp3) is 0.375. The van der Waals surface area contributed by atoms with Crippen LogP contribution in [0.4, 0.5) is 0 Å². The van der Waals surface area contributed by atoms with E-state index in [1.165, 1.54) is 18.2 Å². The molecule has 1 aliphatic heterocycles. The summed E-state index contributed by atoms with van der Waals surface area (Å²) in [6, 6.07) is 4.56. The van der Waals surface area contributed by atoms with Gasteiger partial charge in [0.1, 0.15) is 0 Å². The zero-order valence-electron chi connectivity index (χ0n) is 12.3. The van der Waals surface area contributed by atoms with Gasteiger partial charge in [0.05, 0.1) is 0 Å². The van der Waals surface area contributed by atoms with Crippen LogP contribution >= 0.6 is 0 Å². The fourth-order valence-electron chi connectivity index (χ4n) is 3.12. The van der Waals surface area contributed by atoms with Crippen LogP contribution in [0.1, 0.15) is 31.2 Å². The molecule has 1 saturated carbocycles. The number of hydrogen-bond acceptors (Lipinski definition) is 4. The van der Waals surface area contributed by atoms with E-state index in [1.807, 2.05) is 16.8 Å². The molecule has 3 rings (SSSR count). The molecule has 116 valence electrons. The van der Waals surface area contributed by atoms with Crippen molar-refractivity contribution in [3.8, 4) is 11.5 Å². The zero-order chi connectivity index (χ0) is 15.9. The van der Waals surface area contributed by atoms with Gasteiger partial charge < -0.3 is 0 Å². The van der Waals surface area contributed by atoms with E-state index < -0.39 is 0 Å². The van der Waals surface area contributed by atoms with Crippen molar-refractivity contribution in [1.29, 1.82) is 0 Å². The van der Waals surface area contributed by atoms with Crippen LogP contribution in [0.3, 0.4) is 0 Å². The Kier molecular flexibility index (Phi) is 3.98. The van der Waals surface area contributed by atoms with Crippen LogP contribution in [0, 0.1) is 0 Å². The Balaban J connectivity index is 1.94. The molecule has 0 bridgehead atoms. The molecule has 6 heteroatoms. The summed E-state index contributed by atoms with van der Waals surface area (Å²) in [7, 11) is 1.84. The molecule has 1 saturated heterocycles. The van der Waals surface area contributed by atoms with Gasteiger partial charge in [-0.15, -0.1) is 0 Å². The van der Waals surface area contributed by atoms with E-state index in [4.69, 9.17) is 0 Å². The van der Waals surface area contributed by atoms with Crippen molar-refractivity contribution in [2.75, 3.05) is 7.05 Å². The third kappa shape index (κ3) is 2.64. The van der Waals surface area contributed by atoms with E-state index >= 15 is 0 Å². The predicted molar refractivity (Wildman–Crippen MR) is 85.4 cm³/mol. The monoisotopic (exact) mass is 366 g/mol. The van der Waals surface area contributed by atoms with Crippen LogP contribution in [-0.4, -0.2) is 59.3 Å². The number of nitrogens with zero attached hydrogens (tertiary/aromatic N) is 2. The molecule has 0 radical (unpaired) electrons. The second-order valence-corrected chi connectivity index (χ2v) is 6.53. The Morgan fingerprint density at radius 1 is 1.18 bits per heavy atom. The standard InChI is InChI=1S/C16H18N2O3Se/c1-17-14(8-10-6-12(19)9-13(20)7-10)15(21)18(16(17)22)11-4-2-3-5-11/h6-9,11,19-20H,2-5H2,1H3/b14-8+. The minimum absolute atomic E-state index is 0.0279. The summed E-state index contributed by atoms with van der Waals surface area (Å²) >= 11 is 2.99. The van der Waals surface area contributed by atoms with E-state index in [2.05, 4.69) is 15.6 Å². The number of phenolic OH excluding ortho intramolecular Hbond substituents is 2. The molecule has 0 unspecified atom stereocenters. The van der Waals surface area contributed by atoms with Gasteiger partial charge in [0.25, 0.3) is 0 Å². The number of carbonyl (C=O) groups excluding carboxylic acids is 1. The van der Waals surface area contributed by atoms with Gasteiger partial charge >= 0.3 is 137 Å². The molecule has 1 aliphatic carbocycles. The van der Waals surface area contributed by atoms with E-state index in [-0.39, 0.29) is 23.4 Å². The Hall–Kier alpha value is -1.78. The first kappa shape index (κ1) is 15.1. The Labute approximate surface area is 137 Å². The van der Waals surface area contributed by atoms with Crippen molar-refractivity contribution in [2.45, 2.75) is 31.7 Å². The quantitative estimate of drug-likeness (QED) is 0.615. The zero-order valence-corrected chi connectivity index (χ0v) is 14.0. The van der Waals surface area contributed by atoms with E-state index in [0.717, 1.165) is 30.3 Å². The number of benzene rings is 1. The summed E-state index contributed by atoms with van der Waals surface area (Å²) in [6.45, 7) is 0. The SMILES string of the molecule is CN1C(=[Se])N(C2CCCC2)C(=O)/C1=C\c1cc(O)cc(O)c1. The third-order valence-corrected chi connectivity index (χ3v) is 5.20. The Morgan fingerprint density at radius 3 is 2.36 bits per heavy atom. The van der Waals surface area contributed by atoms with Crippen molar-refractivity contribution in [3.05, 3.63) is 29.5 Å². The molecular weight excluding hydrogens is 347 g/mol. The van der Waals surface area contributed by atoms with Gasteiger partial charge in [0.2, 0.25) is 0 Å². The average Bonchev–Trinajstić information content (AvgIpc) is 3.02. The van der Waals surface area contributed by atoms with Gasteiger partial charge in [-0.1, -0.05) is 0 Å². The topological polar surface area (TPSA) is 64.0 Å². The first-order valence-electron chi connectivity index (χ1n) is 7.33. The van der Waals surface area contributed by atoms with Crippen LogP contribution in [0.5, 0.6) is 11.5 Å². The normalized spacial score (nSPS) is 21.4. The summed E-state index contributed by atoms with van der Waals surface area (Å²) in [4.78, 5) is 16.4. The summed E-state index contributed by atoms with van der Waals surface area (Å²) in [5.41, 5.74) is 1.12. The van der Waals surface area contributed by atoms with Crippen LogP contribution in [-0.2, 0) is 4.79 Å². The van der Waals surface area contributed by atoms with Gasteiger partial charge in [0, 0.05) is 0 Å². The molecule has 2 fully saturated rings. The first-order valence-corrected chi connectivity index (χ1v) is 8.19. The Bertz CT molecular complexity index is 645. The molecule has 0 aromatic heterocycles. The number of aromatic hydroxyl groups is 2. The van der Waals surface area contributed by atoms with Crippen LogP contribution < -0.4 is 0 Å². The van der Waals surface area contributed by atoms with Gasteiger partial charge in [-0.25, -0.2) is 0 Å². The fourth-order valence-corrected chi connectivity index (χ4v) is 3.81. The van der Waals surface area contributed by atoms with E-state index in [9.17, 15) is 15.0 Å². The predicted octanol–water partition coefficient (Wildman–Crippen LogP) is 1.41.